The van der Waals surface area contributed by atoms with Gasteiger partial charge >= 0.3 is 0 Å². The Balaban J connectivity index is 1.96. The lowest BCUT2D eigenvalue weighted by atomic mass is 10.3. The van der Waals surface area contributed by atoms with Crippen LogP contribution in [0.3, 0.4) is 0 Å². The van der Waals surface area contributed by atoms with E-state index in [9.17, 15) is 12.8 Å². The number of nitrogens with zero attached hydrogens (tertiary/aromatic N) is 1. The summed E-state index contributed by atoms with van der Waals surface area (Å²) in [6.07, 6.45) is 0. The monoisotopic (exact) mass is 309 g/mol. The summed E-state index contributed by atoms with van der Waals surface area (Å²) in [4.78, 5) is 0.0612. The van der Waals surface area contributed by atoms with E-state index in [1.807, 2.05) is 18.2 Å². The number of para-hydroxylation sites is 1. The summed E-state index contributed by atoms with van der Waals surface area (Å²) in [5, 5.41) is 0. The number of likely N-dealkylation sites (N-methyl/N-ethyl adjacent to an activating group) is 1. The lowest BCUT2D eigenvalue weighted by molar-refractivity contribution is 0.287. The maximum atomic E-state index is 12.8. The van der Waals surface area contributed by atoms with Crippen LogP contribution in [0.4, 0.5) is 4.39 Å². The van der Waals surface area contributed by atoms with Crippen molar-refractivity contribution >= 4 is 10.0 Å². The first-order chi connectivity index (χ1) is 10.00. The number of benzene rings is 2. The highest BCUT2D eigenvalue weighted by atomic mass is 32.2. The number of rotatable bonds is 6. The van der Waals surface area contributed by atoms with E-state index in [4.69, 9.17) is 4.74 Å². The Kier molecular flexibility index (Phi) is 4.93. The second kappa shape index (κ2) is 6.69. The molecule has 0 amide bonds. The number of sulfonamides is 1. The van der Waals surface area contributed by atoms with E-state index < -0.39 is 15.8 Å². The fraction of sp³-hybridized carbons (Fsp3) is 0.200. The highest BCUT2D eigenvalue weighted by Gasteiger charge is 2.20. The Hall–Kier alpha value is -1.92. The fourth-order valence-corrected chi connectivity index (χ4v) is 2.87. The summed E-state index contributed by atoms with van der Waals surface area (Å²) in [6.45, 7) is 0.440. The van der Waals surface area contributed by atoms with Crippen LogP contribution in [0.5, 0.6) is 5.75 Å². The molecule has 0 aromatic heterocycles. The van der Waals surface area contributed by atoms with Crippen LogP contribution in [0.25, 0.3) is 0 Å². The zero-order chi connectivity index (χ0) is 15.3. The van der Waals surface area contributed by atoms with Gasteiger partial charge in [-0.25, -0.2) is 12.8 Å². The molecule has 2 aromatic carbocycles. The molecule has 112 valence electrons. The van der Waals surface area contributed by atoms with Gasteiger partial charge < -0.3 is 4.74 Å². The van der Waals surface area contributed by atoms with Gasteiger partial charge in [0.1, 0.15) is 18.2 Å². The van der Waals surface area contributed by atoms with Crippen molar-refractivity contribution in [1.82, 2.24) is 4.31 Å². The first kappa shape index (κ1) is 15.5. The minimum Gasteiger partial charge on any atom is -0.492 e. The van der Waals surface area contributed by atoms with Crippen molar-refractivity contribution in [3.05, 3.63) is 60.4 Å². The third-order valence-corrected chi connectivity index (χ3v) is 4.81. The number of ether oxygens (including phenoxy) is 1. The summed E-state index contributed by atoms with van der Waals surface area (Å²) in [5.74, 6) is 0.217. The van der Waals surface area contributed by atoms with Crippen molar-refractivity contribution in [2.24, 2.45) is 0 Å². The van der Waals surface area contributed by atoms with Crippen molar-refractivity contribution in [2.75, 3.05) is 20.2 Å². The van der Waals surface area contributed by atoms with E-state index in [1.54, 1.807) is 12.1 Å². The predicted octanol–water partition coefficient (Wildman–Crippen LogP) is 2.53. The first-order valence-corrected chi connectivity index (χ1v) is 7.84. The van der Waals surface area contributed by atoms with Gasteiger partial charge in [0.25, 0.3) is 0 Å². The normalized spacial score (nSPS) is 11.6. The number of hydrogen-bond acceptors (Lipinski definition) is 3. The average molecular weight is 309 g/mol. The average Bonchev–Trinajstić information content (AvgIpc) is 2.48. The number of halogens is 1. The van der Waals surface area contributed by atoms with Crippen molar-refractivity contribution in [2.45, 2.75) is 4.90 Å². The van der Waals surface area contributed by atoms with E-state index in [0.29, 0.717) is 5.75 Å². The molecule has 0 unspecified atom stereocenters. The third-order valence-electron chi connectivity index (χ3n) is 2.94. The second-order valence-corrected chi connectivity index (χ2v) is 6.49. The molecule has 2 aromatic rings. The molecule has 6 heteroatoms. The third kappa shape index (κ3) is 4.03. The van der Waals surface area contributed by atoms with Gasteiger partial charge in [-0.15, -0.1) is 0 Å². The molecule has 0 radical (unpaired) electrons. The van der Waals surface area contributed by atoms with Crippen LogP contribution in [-0.2, 0) is 10.0 Å². The van der Waals surface area contributed by atoms with Crippen molar-refractivity contribution in [3.63, 3.8) is 0 Å². The minimum atomic E-state index is -3.62. The van der Waals surface area contributed by atoms with Crippen LogP contribution in [-0.4, -0.2) is 32.9 Å². The smallest absolute Gasteiger partial charge is 0.242 e. The highest BCUT2D eigenvalue weighted by molar-refractivity contribution is 7.89. The molecule has 21 heavy (non-hydrogen) atoms. The molecule has 0 aliphatic rings. The largest absolute Gasteiger partial charge is 0.492 e. The van der Waals surface area contributed by atoms with E-state index in [-0.39, 0.29) is 18.0 Å². The second-order valence-electron chi connectivity index (χ2n) is 4.44. The standard InChI is InChI=1S/C15H16FNO3S/c1-17(11-12-20-14-5-3-2-4-6-14)21(18,19)15-9-7-13(16)8-10-15/h2-10H,11-12H2,1H3. The molecule has 0 N–H and O–H groups in total. The molecule has 0 saturated heterocycles. The Morgan fingerprint density at radius 3 is 2.29 bits per heavy atom. The summed E-state index contributed by atoms with van der Waals surface area (Å²) < 4.78 is 43.9. The number of hydrogen-bond donors (Lipinski definition) is 0. The predicted molar refractivity (Wildman–Crippen MR) is 78.2 cm³/mol. The lowest BCUT2D eigenvalue weighted by Gasteiger charge is -2.17. The van der Waals surface area contributed by atoms with Gasteiger partial charge in [0.2, 0.25) is 10.0 Å². The first-order valence-electron chi connectivity index (χ1n) is 6.40. The molecule has 2 rings (SSSR count). The van der Waals surface area contributed by atoms with Crippen molar-refractivity contribution in [3.8, 4) is 5.75 Å². The van der Waals surface area contributed by atoms with Gasteiger partial charge in [0.05, 0.1) is 4.90 Å². The van der Waals surface area contributed by atoms with Gasteiger partial charge in [-0.3, -0.25) is 0 Å². The highest BCUT2D eigenvalue weighted by Crippen LogP contribution is 2.15. The topological polar surface area (TPSA) is 46.6 Å². The molecule has 0 bridgehead atoms. The van der Waals surface area contributed by atoms with Gasteiger partial charge in [0, 0.05) is 13.6 Å². The Morgan fingerprint density at radius 1 is 1.05 bits per heavy atom. The molecular formula is C15H16FNO3S. The summed E-state index contributed by atoms with van der Waals surface area (Å²) in [6, 6.07) is 13.9. The van der Waals surface area contributed by atoms with Gasteiger partial charge in [-0.1, -0.05) is 18.2 Å². The van der Waals surface area contributed by atoms with Crippen LogP contribution in [0.2, 0.25) is 0 Å². The van der Waals surface area contributed by atoms with E-state index in [1.165, 1.54) is 23.5 Å². The maximum absolute atomic E-state index is 12.8. The maximum Gasteiger partial charge on any atom is 0.242 e. The van der Waals surface area contributed by atoms with Gasteiger partial charge in [-0.05, 0) is 36.4 Å². The summed E-state index contributed by atoms with van der Waals surface area (Å²) >= 11 is 0. The molecule has 0 atom stereocenters. The lowest BCUT2D eigenvalue weighted by Crippen LogP contribution is -2.31. The molecule has 0 fully saturated rings. The Bertz CT molecular complexity index is 672. The minimum absolute atomic E-state index is 0.0612. The Labute approximate surface area is 123 Å². The Morgan fingerprint density at radius 2 is 1.67 bits per heavy atom. The van der Waals surface area contributed by atoms with E-state index in [2.05, 4.69) is 0 Å². The molecule has 0 aliphatic heterocycles. The molecule has 0 heterocycles. The molecule has 0 aliphatic carbocycles. The van der Waals surface area contributed by atoms with Crippen molar-refractivity contribution < 1.29 is 17.5 Å². The van der Waals surface area contributed by atoms with Gasteiger partial charge in [-0.2, -0.15) is 4.31 Å². The fourth-order valence-electron chi connectivity index (χ4n) is 1.72. The molecular weight excluding hydrogens is 293 g/mol. The summed E-state index contributed by atoms with van der Waals surface area (Å²) in [7, 11) is -2.16. The van der Waals surface area contributed by atoms with Crippen molar-refractivity contribution in [1.29, 1.82) is 0 Å². The SMILES string of the molecule is CN(CCOc1ccccc1)S(=O)(=O)c1ccc(F)cc1. The zero-order valence-corrected chi connectivity index (χ0v) is 12.4. The van der Waals surface area contributed by atoms with Crippen LogP contribution in [0, 0.1) is 5.82 Å². The summed E-state index contributed by atoms with van der Waals surface area (Å²) in [5.41, 5.74) is 0. The van der Waals surface area contributed by atoms with E-state index >= 15 is 0 Å². The van der Waals surface area contributed by atoms with Crippen LogP contribution >= 0.6 is 0 Å². The van der Waals surface area contributed by atoms with Crippen LogP contribution in [0.1, 0.15) is 0 Å². The van der Waals surface area contributed by atoms with Crippen LogP contribution in [0.15, 0.2) is 59.5 Å². The quantitative estimate of drug-likeness (QED) is 0.824. The molecule has 0 spiro atoms. The zero-order valence-electron chi connectivity index (χ0n) is 11.6. The van der Waals surface area contributed by atoms with Crippen LogP contribution < -0.4 is 4.74 Å². The molecule has 0 saturated carbocycles. The van der Waals surface area contributed by atoms with Gasteiger partial charge in [0.15, 0.2) is 0 Å². The van der Waals surface area contributed by atoms with E-state index in [0.717, 1.165) is 12.1 Å². The molecule has 4 nitrogen and oxygen atoms in total.